The Morgan fingerprint density at radius 2 is 1.52 bits per heavy atom. The van der Waals surface area contributed by atoms with E-state index in [2.05, 4.69) is 20.7 Å². The monoisotopic (exact) mass is 614 g/mol. The highest BCUT2D eigenvalue weighted by molar-refractivity contribution is 9.10. The van der Waals surface area contributed by atoms with Gasteiger partial charge < -0.3 is 23.7 Å². The molecule has 0 saturated heterocycles. The van der Waals surface area contributed by atoms with Crippen molar-refractivity contribution >= 4 is 15.9 Å². The van der Waals surface area contributed by atoms with Gasteiger partial charge in [0.1, 0.15) is 30.0 Å². The summed E-state index contributed by atoms with van der Waals surface area (Å²) in [6.45, 7) is 0.370. The molecule has 208 valence electrons. The van der Waals surface area contributed by atoms with Crippen molar-refractivity contribution in [3.8, 4) is 28.7 Å². The summed E-state index contributed by atoms with van der Waals surface area (Å²) in [7, 11) is 3.16. The molecule has 0 aliphatic carbocycles. The fourth-order valence-corrected chi connectivity index (χ4v) is 5.31. The van der Waals surface area contributed by atoms with Gasteiger partial charge in [-0.3, -0.25) is 0 Å². The third-order valence-electron chi connectivity index (χ3n) is 6.69. The van der Waals surface area contributed by atoms with Crippen molar-refractivity contribution in [1.29, 1.82) is 0 Å². The number of hydrogen-bond donors (Lipinski definition) is 0. The molecule has 4 aromatic carbocycles. The van der Waals surface area contributed by atoms with Gasteiger partial charge in [-0.1, -0.05) is 48.5 Å². The van der Waals surface area contributed by atoms with Crippen LogP contribution in [-0.2, 0) is 6.61 Å². The molecule has 0 N–H and O–H groups in total. The van der Waals surface area contributed by atoms with Gasteiger partial charge in [0, 0.05) is 17.5 Å². The molecule has 1 aliphatic heterocycles. The highest BCUT2D eigenvalue weighted by atomic mass is 79.9. The van der Waals surface area contributed by atoms with E-state index in [1.165, 1.54) is 12.1 Å². The molecule has 0 unspecified atom stereocenters. The first-order chi connectivity index (χ1) is 19.2. The first kappa shape index (κ1) is 27.7. The molecule has 4 aromatic rings. The van der Waals surface area contributed by atoms with E-state index in [0.717, 1.165) is 26.7 Å². The summed E-state index contributed by atoms with van der Waals surface area (Å²) < 4.78 is 66.6. The van der Waals surface area contributed by atoms with Crippen molar-refractivity contribution < 1.29 is 36.9 Å². The van der Waals surface area contributed by atoms with Crippen LogP contribution in [0.2, 0.25) is 0 Å². The van der Waals surface area contributed by atoms with Crippen LogP contribution in [0.15, 0.2) is 89.4 Å². The largest absolute Gasteiger partial charge is 0.573 e. The van der Waals surface area contributed by atoms with Crippen molar-refractivity contribution in [3.05, 3.63) is 112 Å². The predicted molar refractivity (Wildman–Crippen MR) is 147 cm³/mol. The van der Waals surface area contributed by atoms with Crippen LogP contribution in [0.4, 0.5) is 13.2 Å². The van der Waals surface area contributed by atoms with Gasteiger partial charge in [0.15, 0.2) is 11.5 Å². The molecule has 0 aromatic heterocycles. The topological polar surface area (TPSA) is 46.2 Å². The van der Waals surface area contributed by atoms with Crippen LogP contribution in [0.25, 0.3) is 0 Å². The van der Waals surface area contributed by atoms with Crippen LogP contribution in [0.1, 0.15) is 40.7 Å². The van der Waals surface area contributed by atoms with Gasteiger partial charge in [0.05, 0.1) is 18.7 Å². The minimum absolute atomic E-state index is 0.174. The van der Waals surface area contributed by atoms with Crippen molar-refractivity contribution in [2.45, 2.75) is 31.4 Å². The molecular formula is C31H26BrF3O5. The minimum atomic E-state index is -4.76. The Balaban J connectivity index is 1.48. The zero-order valence-electron chi connectivity index (χ0n) is 21.7. The van der Waals surface area contributed by atoms with E-state index in [0.29, 0.717) is 36.0 Å². The van der Waals surface area contributed by atoms with Gasteiger partial charge in [-0.15, -0.1) is 13.2 Å². The summed E-state index contributed by atoms with van der Waals surface area (Å²) in [6.07, 6.45) is -4.59. The third-order valence-corrected chi connectivity index (χ3v) is 7.31. The maximum atomic E-state index is 12.7. The highest BCUT2D eigenvalue weighted by Gasteiger charge is 2.33. The van der Waals surface area contributed by atoms with E-state index in [1.54, 1.807) is 26.4 Å². The van der Waals surface area contributed by atoms with Crippen molar-refractivity contribution in [2.24, 2.45) is 0 Å². The molecule has 9 heteroatoms. The van der Waals surface area contributed by atoms with Gasteiger partial charge in [-0.25, -0.2) is 0 Å². The molecule has 0 amide bonds. The van der Waals surface area contributed by atoms with Crippen LogP contribution in [0.5, 0.6) is 28.7 Å². The van der Waals surface area contributed by atoms with E-state index < -0.39 is 6.36 Å². The molecule has 0 fully saturated rings. The molecule has 1 heterocycles. The molecule has 1 aliphatic rings. The molecular weight excluding hydrogens is 589 g/mol. The zero-order valence-corrected chi connectivity index (χ0v) is 23.3. The van der Waals surface area contributed by atoms with Crippen LogP contribution in [0, 0.1) is 0 Å². The molecule has 5 rings (SSSR count). The number of ether oxygens (including phenoxy) is 5. The average Bonchev–Trinajstić information content (AvgIpc) is 2.95. The lowest BCUT2D eigenvalue weighted by molar-refractivity contribution is -0.274. The standard InChI is InChI=1S/C31H26BrF3O5/c1-36-26-13-10-21(14-30(26)38-18-19-6-4-3-5-7-19)27-16-23(20-8-11-22(12-9-20)40-31(33,34)35)24-15-25(32)29(37-2)17-28(24)39-27/h3-15,17,23,27H,16,18H2,1-2H3/t23-,27+/m0/s1. The summed E-state index contributed by atoms with van der Waals surface area (Å²) in [5, 5.41) is 0. The highest BCUT2D eigenvalue weighted by Crippen LogP contribution is 2.49. The number of fused-ring (bicyclic) bond motifs is 1. The summed E-state index contributed by atoms with van der Waals surface area (Å²) in [5.41, 5.74) is 3.62. The quantitative estimate of drug-likeness (QED) is 0.199. The van der Waals surface area contributed by atoms with E-state index in [9.17, 15) is 13.2 Å². The van der Waals surface area contributed by atoms with Crippen LogP contribution in [0.3, 0.4) is 0 Å². The average molecular weight is 615 g/mol. The number of benzene rings is 4. The maximum Gasteiger partial charge on any atom is 0.573 e. The van der Waals surface area contributed by atoms with Gasteiger partial charge in [-0.2, -0.15) is 0 Å². The van der Waals surface area contributed by atoms with Gasteiger partial charge in [0.25, 0.3) is 0 Å². The lowest BCUT2D eigenvalue weighted by atomic mass is 9.82. The van der Waals surface area contributed by atoms with E-state index >= 15 is 0 Å². The Morgan fingerprint density at radius 1 is 0.825 bits per heavy atom. The fourth-order valence-electron chi connectivity index (χ4n) is 4.79. The molecule has 5 nitrogen and oxygen atoms in total. The van der Waals surface area contributed by atoms with Crippen LogP contribution < -0.4 is 23.7 Å². The number of halogens is 4. The van der Waals surface area contributed by atoms with Crippen LogP contribution >= 0.6 is 15.9 Å². The molecule has 0 spiro atoms. The first-order valence-electron chi connectivity index (χ1n) is 12.5. The van der Waals surface area contributed by atoms with Crippen molar-refractivity contribution in [2.75, 3.05) is 14.2 Å². The minimum Gasteiger partial charge on any atom is -0.495 e. The summed E-state index contributed by atoms with van der Waals surface area (Å²) >= 11 is 3.55. The smallest absolute Gasteiger partial charge is 0.495 e. The van der Waals surface area contributed by atoms with Crippen LogP contribution in [-0.4, -0.2) is 20.6 Å². The summed E-state index contributed by atoms with van der Waals surface area (Å²) in [4.78, 5) is 0. The summed E-state index contributed by atoms with van der Waals surface area (Å²) in [5.74, 6) is 1.96. The molecule has 40 heavy (non-hydrogen) atoms. The molecule has 0 bridgehead atoms. The van der Waals surface area contributed by atoms with E-state index in [-0.39, 0.29) is 17.8 Å². The second-order valence-electron chi connectivity index (χ2n) is 9.22. The Bertz CT molecular complexity index is 1460. The molecule has 2 atom stereocenters. The number of rotatable bonds is 8. The Hall–Kier alpha value is -3.85. The second-order valence-corrected chi connectivity index (χ2v) is 10.1. The molecule has 0 saturated carbocycles. The molecule has 0 radical (unpaired) electrons. The summed E-state index contributed by atoms with van der Waals surface area (Å²) in [6, 6.07) is 25.2. The normalized spacial score (nSPS) is 16.4. The Morgan fingerprint density at radius 3 is 2.20 bits per heavy atom. The Kier molecular flexibility index (Phi) is 8.12. The first-order valence-corrected chi connectivity index (χ1v) is 13.3. The lowest BCUT2D eigenvalue weighted by Crippen LogP contribution is -2.20. The number of methoxy groups -OCH3 is 2. The van der Waals surface area contributed by atoms with Gasteiger partial charge in [0.2, 0.25) is 0 Å². The Labute approximate surface area is 238 Å². The third kappa shape index (κ3) is 6.31. The van der Waals surface area contributed by atoms with Gasteiger partial charge in [-0.05, 0) is 69.4 Å². The fraction of sp³-hybridized carbons (Fsp3) is 0.226. The van der Waals surface area contributed by atoms with Gasteiger partial charge >= 0.3 is 6.36 Å². The maximum absolute atomic E-state index is 12.7. The SMILES string of the molecule is COc1cc2c(cc1Br)[C@H](c1ccc(OC(F)(F)F)cc1)C[C@H](c1ccc(OC)c(OCc3ccccc3)c1)O2. The van der Waals surface area contributed by atoms with E-state index in [4.69, 9.17) is 18.9 Å². The van der Waals surface area contributed by atoms with Crippen molar-refractivity contribution in [3.63, 3.8) is 0 Å². The zero-order chi connectivity index (χ0) is 28.3. The van der Waals surface area contributed by atoms with E-state index in [1.807, 2.05) is 60.7 Å². The number of alkyl halides is 3. The lowest BCUT2D eigenvalue weighted by Gasteiger charge is -2.33. The number of hydrogen-bond acceptors (Lipinski definition) is 5. The predicted octanol–water partition coefficient (Wildman–Crippen LogP) is 8.60. The second kappa shape index (κ2) is 11.7. The van der Waals surface area contributed by atoms with Crippen molar-refractivity contribution in [1.82, 2.24) is 0 Å².